The van der Waals surface area contributed by atoms with E-state index >= 15 is 0 Å². The number of esters is 1. The van der Waals surface area contributed by atoms with E-state index in [2.05, 4.69) is 15.4 Å². The van der Waals surface area contributed by atoms with E-state index in [1.165, 1.54) is 61.7 Å². The summed E-state index contributed by atoms with van der Waals surface area (Å²) in [5.41, 5.74) is 0.628. The first-order valence-corrected chi connectivity index (χ1v) is 13.6. The monoisotopic (exact) mass is 645 g/mol. The summed E-state index contributed by atoms with van der Waals surface area (Å²) in [5.74, 6) is -2.76. The number of carbonyl (C=O) groups excluding carboxylic acids is 5. The molecule has 3 aromatic carbocycles. The van der Waals surface area contributed by atoms with Crippen molar-refractivity contribution >= 4 is 82.0 Å². The molecule has 1 aliphatic heterocycles. The maximum absolute atomic E-state index is 13.3. The molecule has 0 aromatic heterocycles. The number of anilines is 2. The van der Waals surface area contributed by atoms with Crippen LogP contribution in [0.3, 0.4) is 0 Å². The highest BCUT2D eigenvalue weighted by Crippen LogP contribution is 2.38. The molecule has 1 aliphatic rings. The smallest absolute Gasteiger partial charge is 0.337 e. The molecule has 1 saturated heterocycles. The minimum absolute atomic E-state index is 0.0233. The molecule has 0 aliphatic carbocycles. The maximum atomic E-state index is 13.3. The standard InChI is InChI=1S/C29H22Cl3N3O8/c1-3-42-23-12-15(11-22(32)25(23)43-14-24(36)33-17-6-9-20(30)21(31)13-17)10-19-26(37)34-29(40)35(27(19)38)18-7-4-16(5-8-18)28(39)41-2/h4-13H,3,14H2,1-2H3,(H,33,36)(H,34,37,40)/b19-10-. The Hall–Kier alpha value is -4.58. The Kier molecular flexibility index (Phi) is 9.92. The van der Waals surface area contributed by atoms with E-state index < -0.39 is 36.3 Å². The second kappa shape index (κ2) is 13.6. The molecular weight excluding hydrogens is 625 g/mol. The number of ether oxygens (including phenoxy) is 3. The molecule has 1 heterocycles. The number of nitrogens with one attached hydrogen (secondary N) is 2. The number of barbiturate groups is 1. The molecule has 0 radical (unpaired) electrons. The third-order valence-electron chi connectivity index (χ3n) is 5.84. The fraction of sp³-hybridized carbons (Fsp3) is 0.138. The van der Waals surface area contributed by atoms with Crippen molar-refractivity contribution in [2.75, 3.05) is 30.5 Å². The van der Waals surface area contributed by atoms with Gasteiger partial charge in [0.2, 0.25) is 0 Å². The molecule has 1 fully saturated rings. The Morgan fingerprint density at radius 2 is 1.65 bits per heavy atom. The zero-order chi connectivity index (χ0) is 31.3. The molecule has 0 atom stereocenters. The van der Waals surface area contributed by atoms with Gasteiger partial charge in [-0.3, -0.25) is 19.7 Å². The first-order valence-electron chi connectivity index (χ1n) is 12.5. The largest absolute Gasteiger partial charge is 0.490 e. The molecule has 14 heteroatoms. The average Bonchev–Trinajstić information content (AvgIpc) is 2.96. The van der Waals surface area contributed by atoms with Gasteiger partial charge in [0, 0.05) is 5.69 Å². The number of hydrogen-bond donors (Lipinski definition) is 2. The number of rotatable bonds is 9. The molecule has 11 nitrogen and oxygen atoms in total. The van der Waals surface area contributed by atoms with Crippen molar-refractivity contribution in [3.63, 3.8) is 0 Å². The van der Waals surface area contributed by atoms with Gasteiger partial charge in [-0.15, -0.1) is 0 Å². The molecule has 5 amide bonds. The Morgan fingerprint density at radius 3 is 2.30 bits per heavy atom. The van der Waals surface area contributed by atoms with E-state index in [0.29, 0.717) is 10.7 Å². The normalized spacial score (nSPS) is 13.9. The minimum atomic E-state index is -0.964. The van der Waals surface area contributed by atoms with Crippen LogP contribution in [0, 0.1) is 0 Å². The fourth-order valence-electron chi connectivity index (χ4n) is 3.91. The van der Waals surface area contributed by atoms with E-state index in [0.717, 1.165) is 4.90 Å². The summed E-state index contributed by atoms with van der Waals surface area (Å²) < 4.78 is 15.9. The Morgan fingerprint density at radius 1 is 0.930 bits per heavy atom. The summed E-state index contributed by atoms with van der Waals surface area (Å²) in [4.78, 5) is 63.4. The first-order chi connectivity index (χ1) is 20.5. The number of benzene rings is 3. The highest BCUT2D eigenvalue weighted by Gasteiger charge is 2.37. The van der Waals surface area contributed by atoms with Crippen LogP contribution in [0.5, 0.6) is 11.5 Å². The predicted octanol–water partition coefficient (Wildman–Crippen LogP) is 5.52. The predicted molar refractivity (Wildman–Crippen MR) is 160 cm³/mol. The highest BCUT2D eigenvalue weighted by molar-refractivity contribution is 6.42. The molecule has 222 valence electrons. The first kappa shape index (κ1) is 31.4. The van der Waals surface area contributed by atoms with E-state index in [4.69, 9.17) is 44.3 Å². The summed E-state index contributed by atoms with van der Waals surface area (Å²) in [5, 5.41) is 5.36. The fourth-order valence-corrected chi connectivity index (χ4v) is 4.48. The molecule has 0 unspecified atom stereocenters. The number of halogens is 3. The number of amides is 5. The van der Waals surface area contributed by atoms with Crippen molar-refractivity contribution in [1.29, 1.82) is 0 Å². The van der Waals surface area contributed by atoms with E-state index in [-0.39, 0.29) is 50.5 Å². The molecule has 43 heavy (non-hydrogen) atoms. The summed E-state index contributed by atoms with van der Waals surface area (Å²) in [6.45, 7) is 1.48. The van der Waals surface area contributed by atoms with Gasteiger partial charge in [-0.2, -0.15) is 0 Å². The van der Waals surface area contributed by atoms with Crippen LogP contribution in [-0.2, 0) is 19.1 Å². The van der Waals surface area contributed by atoms with Crippen LogP contribution in [0.4, 0.5) is 16.2 Å². The maximum Gasteiger partial charge on any atom is 0.337 e. The third-order valence-corrected chi connectivity index (χ3v) is 6.86. The zero-order valence-electron chi connectivity index (χ0n) is 22.5. The summed E-state index contributed by atoms with van der Waals surface area (Å²) >= 11 is 18.3. The van der Waals surface area contributed by atoms with Crippen molar-refractivity contribution in [2.24, 2.45) is 0 Å². The molecule has 0 spiro atoms. The number of hydrogen-bond acceptors (Lipinski definition) is 8. The molecule has 0 saturated carbocycles. The summed E-state index contributed by atoms with van der Waals surface area (Å²) in [6, 6.07) is 12.0. The second-order valence-electron chi connectivity index (χ2n) is 8.73. The topological polar surface area (TPSA) is 140 Å². The van der Waals surface area contributed by atoms with E-state index in [1.54, 1.807) is 13.0 Å². The van der Waals surface area contributed by atoms with Gasteiger partial charge in [-0.1, -0.05) is 34.8 Å². The van der Waals surface area contributed by atoms with Gasteiger partial charge >= 0.3 is 12.0 Å². The lowest BCUT2D eigenvalue weighted by molar-refractivity contribution is -0.122. The van der Waals surface area contributed by atoms with Crippen LogP contribution in [0.25, 0.3) is 6.08 Å². The van der Waals surface area contributed by atoms with Gasteiger partial charge < -0.3 is 19.5 Å². The van der Waals surface area contributed by atoms with E-state index in [1.807, 2.05) is 0 Å². The van der Waals surface area contributed by atoms with Gasteiger partial charge in [0.05, 0.1) is 40.0 Å². The lowest BCUT2D eigenvalue weighted by Crippen LogP contribution is -2.54. The number of imide groups is 2. The highest BCUT2D eigenvalue weighted by atomic mass is 35.5. The van der Waals surface area contributed by atoms with Gasteiger partial charge in [0.1, 0.15) is 5.57 Å². The number of carbonyl (C=O) groups is 5. The van der Waals surface area contributed by atoms with Crippen molar-refractivity contribution < 1.29 is 38.2 Å². The summed E-state index contributed by atoms with van der Waals surface area (Å²) in [7, 11) is 1.22. The van der Waals surface area contributed by atoms with Gasteiger partial charge in [0.25, 0.3) is 17.7 Å². The molecule has 4 rings (SSSR count). The Bertz CT molecular complexity index is 1660. The van der Waals surface area contributed by atoms with Gasteiger partial charge in [0.15, 0.2) is 18.1 Å². The Balaban J connectivity index is 1.57. The van der Waals surface area contributed by atoms with Crippen molar-refractivity contribution in [1.82, 2.24) is 5.32 Å². The van der Waals surface area contributed by atoms with Crippen molar-refractivity contribution in [3.8, 4) is 11.5 Å². The van der Waals surface area contributed by atoms with Crippen LogP contribution in [0.2, 0.25) is 15.1 Å². The van der Waals surface area contributed by atoms with Gasteiger partial charge in [-0.05, 0) is 73.2 Å². The lowest BCUT2D eigenvalue weighted by atomic mass is 10.1. The average molecular weight is 647 g/mol. The van der Waals surface area contributed by atoms with Crippen molar-refractivity contribution in [3.05, 3.63) is 86.4 Å². The third kappa shape index (κ3) is 7.26. The SMILES string of the molecule is CCOc1cc(/C=C2/C(=O)NC(=O)N(c3ccc(C(=O)OC)cc3)C2=O)cc(Cl)c1OCC(=O)Nc1ccc(Cl)c(Cl)c1. The zero-order valence-corrected chi connectivity index (χ0v) is 24.8. The summed E-state index contributed by atoms with van der Waals surface area (Å²) in [6.07, 6.45) is 1.23. The van der Waals surface area contributed by atoms with Crippen LogP contribution < -0.4 is 25.0 Å². The quantitative estimate of drug-likeness (QED) is 0.176. The number of urea groups is 1. The van der Waals surface area contributed by atoms with E-state index in [9.17, 15) is 24.0 Å². The lowest BCUT2D eigenvalue weighted by Gasteiger charge is -2.26. The van der Waals surface area contributed by atoms with Crippen LogP contribution in [-0.4, -0.2) is 50.0 Å². The number of nitrogens with zero attached hydrogens (tertiary/aromatic N) is 1. The Labute approximate surface area is 260 Å². The minimum Gasteiger partial charge on any atom is -0.490 e. The number of methoxy groups -OCH3 is 1. The van der Waals surface area contributed by atoms with Crippen LogP contribution in [0.15, 0.2) is 60.2 Å². The van der Waals surface area contributed by atoms with Gasteiger partial charge in [-0.25, -0.2) is 14.5 Å². The molecular formula is C29H22Cl3N3O8. The molecule has 3 aromatic rings. The van der Waals surface area contributed by atoms with Crippen molar-refractivity contribution in [2.45, 2.75) is 6.92 Å². The van der Waals surface area contributed by atoms with Crippen LogP contribution >= 0.6 is 34.8 Å². The van der Waals surface area contributed by atoms with Crippen LogP contribution in [0.1, 0.15) is 22.8 Å². The molecule has 2 N–H and O–H groups in total. The second-order valence-corrected chi connectivity index (χ2v) is 9.95. The molecule has 0 bridgehead atoms.